The minimum atomic E-state index is -1.43. The van der Waals surface area contributed by atoms with Gasteiger partial charge in [0.2, 0.25) is 0 Å². The van der Waals surface area contributed by atoms with Crippen molar-refractivity contribution in [2.24, 2.45) is 0 Å². The molecule has 0 saturated carbocycles. The maximum atomic E-state index is 12.2. The summed E-state index contributed by atoms with van der Waals surface area (Å²) in [6, 6.07) is 10.7. The van der Waals surface area contributed by atoms with Crippen molar-refractivity contribution in [2.75, 3.05) is 19.8 Å². The first-order valence-corrected chi connectivity index (χ1v) is 6.52. The zero-order valence-corrected chi connectivity index (χ0v) is 11.4. The number of nitrogens with zero attached hydrogens (tertiary/aromatic N) is 1. The van der Waals surface area contributed by atoms with Crippen LogP contribution in [0, 0.1) is 0 Å². The molecule has 0 aliphatic rings. The fraction of sp³-hybridized carbons (Fsp3) is 0.267. The number of benzene rings is 1. The molecular formula is C15H18N2O4. The number of hydrogen-bond acceptors (Lipinski definition) is 4. The predicted octanol–water partition coefficient (Wildman–Crippen LogP) is -0.0772. The lowest BCUT2D eigenvalue weighted by Gasteiger charge is -2.28. The molecule has 0 radical (unpaired) electrons. The molecule has 0 aliphatic heterocycles. The summed E-state index contributed by atoms with van der Waals surface area (Å²) in [6.07, 6.45) is 3.72. The lowest BCUT2D eigenvalue weighted by Crippen LogP contribution is -2.57. The predicted molar refractivity (Wildman–Crippen MR) is 77.2 cm³/mol. The highest BCUT2D eigenvalue weighted by molar-refractivity contribution is 5.95. The van der Waals surface area contributed by atoms with Gasteiger partial charge in [0.15, 0.2) is 0 Å². The van der Waals surface area contributed by atoms with Gasteiger partial charge in [0.05, 0.1) is 19.8 Å². The van der Waals surface area contributed by atoms with E-state index in [2.05, 4.69) is 5.32 Å². The van der Waals surface area contributed by atoms with Crippen molar-refractivity contribution < 1.29 is 20.1 Å². The fourth-order valence-corrected chi connectivity index (χ4v) is 1.90. The summed E-state index contributed by atoms with van der Waals surface area (Å²) in [5, 5.41) is 30.2. The van der Waals surface area contributed by atoms with E-state index < -0.39 is 31.3 Å². The van der Waals surface area contributed by atoms with Crippen LogP contribution in [0.2, 0.25) is 0 Å². The number of amides is 1. The lowest BCUT2D eigenvalue weighted by molar-refractivity contribution is 0.0375. The highest BCUT2D eigenvalue weighted by atomic mass is 16.3. The van der Waals surface area contributed by atoms with E-state index in [1.807, 2.05) is 35.2 Å². The number of nitrogens with one attached hydrogen (secondary N) is 1. The highest BCUT2D eigenvalue weighted by Gasteiger charge is 2.30. The molecule has 1 heterocycles. The molecule has 4 N–H and O–H groups in total. The zero-order chi connectivity index (χ0) is 15.3. The van der Waals surface area contributed by atoms with Gasteiger partial charge >= 0.3 is 0 Å². The van der Waals surface area contributed by atoms with E-state index in [0.717, 1.165) is 5.69 Å². The Bertz CT molecular complexity index is 583. The first-order valence-electron chi connectivity index (χ1n) is 6.52. The molecule has 112 valence electrons. The van der Waals surface area contributed by atoms with Gasteiger partial charge in [-0.05, 0) is 30.3 Å². The van der Waals surface area contributed by atoms with Gasteiger partial charge in [-0.3, -0.25) is 4.79 Å². The summed E-state index contributed by atoms with van der Waals surface area (Å²) in [5.74, 6) is -0.471. The van der Waals surface area contributed by atoms with E-state index in [9.17, 15) is 20.1 Å². The van der Waals surface area contributed by atoms with E-state index in [1.165, 1.54) is 0 Å². The van der Waals surface area contributed by atoms with E-state index in [0.29, 0.717) is 5.56 Å². The van der Waals surface area contributed by atoms with Gasteiger partial charge < -0.3 is 25.2 Å². The Labute approximate surface area is 122 Å². The van der Waals surface area contributed by atoms with Gasteiger partial charge in [-0.2, -0.15) is 0 Å². The Morgan fingerprint density at radius 1 is 1.05 bits per heavy atom. The molecule has 0 spiro atoms. The van der Waals surface area contributed by atoms with E-state index in [4.69, 9.17) is 0 Å². The van der Waals surface area contributed by atoms with Crippen LogP contribution < -0.4 is 5.32 Å². The molecule has 6 nitrogen and oxygen atoms in total. The zero-order valence-electron chi connectivity index (χ0n) is 11.4. The number of carbonyl (C=O) groups is 1. The van der Waals surface area contributed by atoms with Gasteiger partial charge in [-0.25, -0.2) is 0 Å². The second-order valence-electron chi connectivity index (χ2n) is 4.85. The smallest absolute Gasteiger partial charge is 0.252 e. The molecule has 0 bridgehead atoms. The molecule has 0 atom stereocenters. The molecule has 1 aromatic carbocycles. The molecule has 6 heteroatoms. The van der Waals surface area contributed by atoms with Crippen molar-refractivity contribution in [2.45, 2.75) is 5.54 Å². The second-order valence-corrected chi connectivity index (χ2v) is 4.85. The largest absolute Gasteiger partial charge is 0.394 e. The summed E-state index contributed by atoms with van der Waals surface area (Å²) >= 11 is 0. The van der Waals surface area contributed by atoms with Crippen LogP contribution in [0.25, 0.3) is 5.69 Å². The number of aliphatic hydroxyl groups excluding tert-OH is 3. The molecule has 1 aromatic heterocycles. The average Bonchev–Trinajstić information content (AvgIpc) is 3.07. The monoisotopic (exact) mass is 290 g/mol. The van der Waals surface area contributed by atoms with E-state index in [1.54, 1.807) is 18.2 Å². The number of rotatable bonds is 6. The molecule has 0 fully saturated rings. The first kappa shape index (κ1) is 15.2. The van der Waals surface area contributed by atoms with Crippen molar-refractivity contribution in [3.8, 4) is 5.69 Å². The summed E-state index contributed by atoms with van der Waals surface area (Å²) < 4.78 is 1.86. The SMILES string of the molecule is O=C(NC(CO)(CO)CO)c1cccc(-n2cccc2)c1. The lowest BCUT2D eigenvalue weighted by atomic mass is 10.0. The van der Waals surface area contributed by atoms with Crippen LogP contribution in [-0.4, -0.2) is 51.2 Å². The fourth-order valence-electron chi connectivity index (χ4n) is 1.90. The Hall–Kier alpha value is -2.15. The Balaban J connectivity index is 2.22. The second kappa shape index (κ2) is 6.53. The topological polar surface area (TPSA) is 94.7 Å². The Morgan fingerprint density at radius 2 is 1.67 bits per heavy atom. The van der Waals surface area contributed by atoms with Gasteiger partial charge in [0.1, 0.15) is 5.54 Å². The van der Waals surface area contributed by atoms with Crippen molar-refractivity contribution in [1.29, 1.82) is 0 Å². The standard InChI is InChI=1S/C15H18N2O4/c18-9-15(10-19,11-20)16-14(21)12-4-3-5-13(8-12)17-6-1-2-7-17/h1-8,18-20H,9-11H2,(H,16,21). The van der Waals surface area contributed by atoms with Gasteiger partial charge in [0, 0.05) is 23.6 Å². The van der Waals surface area contributed by atoms with Crippen LogP contribution >= 0.6 is 0 Å². The average molecular weight is 290 g/mol. The summed E-state index contributed by atoms with van der Waals surface area (Å²) in [6.45, 7) is -1.66. The Kier molecular flexibility index (Phi) is 4.74. The van der Waals surface area contributed by atoms with Crippen LogP contribution in [0.15, 0.2) is 48.8 Å². The number of carbonyl (C=O) groups excluding carboxylic acids is 1. The highest BCUT2D eigenvalue weighted by Crippen LogP contribution is 2.12. The molecule has 2 aromatic rings. The van der Waals surface area contributed by atoms with Gasteiger partial charge in [0.25, 0.3) is 5.91 Å². The molecule has 21 heavy (non-hydrogen) atoms. The number of aromatic nitrogens is 1. The van der Waals surface area contributed by atoms with Crippen molar-refractivity contribution in [3.05, 3.63) is 54.4 Å². The van der Waals surface area contributed by atoms with Crippen LogP contribution in [0.5, 0.6) is 0 Å². The van der Waals surface area contributed by atoms with Crippen LogP contribution in [0.1, 0.15) is 10.4 Å². The molecule has 0 unspecified atom stereocenters. The Morgan fingerprint density at radius 3 is 2.24 bits per heavy atom. The molecule has 0 saturated heterocycles. The number of aliphatic hydroxyl groups is 3. The summed E-state index contributed by atoms with van der Waals surface area (Å²) in [4.78, 5) is 12.2. The van der Waals surface area contributed by atoms with Gasteiger partial charge in [-0.15, -0.1) is 0 Å². The molecule has 1 amide bonds. The maximum Gasteiger partial charge on any atom is 0.252 e. The minimum Gasteiger partial charge on any atom is -0.394 e. The van der Waals surface area contributed by atoms with Crippen LogP contribution in [0.4, 0.5) is 0 Å². The quantitative estimate of drug-likeness (QED) is 0.598. The van der Waals surface area contributed by atoms with Gasteiger partial charge in [-0.1, -0.05) is 6.07 Å². The molecular weight excluding hydrogens is 272 g/mol. The van der Waals surface area contributed by atoms with Crippen LogP contribution in [-0.2, 0) is 0 Å². The third kappa shape index (κ3) is 3.30. The maximum absolute atomic E-state index is 12.2. The minimum absolute atomic E-state index is 0.376. The van der Waals surface area contributed by atoms with E-state index in [-0.39, 0.29) is 0 Å². The molecule has 0 aliphatic carbocycles. The van der Waals surface area contributed by atoms with Crippen molar-refractivity contribution in [1.82, 2.24) is 9.88 Å². The van der Waals surface area contributed by atoms with E-state index >= 15 is 0 Å². The van der Waals surface area contributed by atoms with Crippen LogP contribution in [0.3, 0.4) is 0 Å². The third-order valence-electron chi connectivity index (χ3n) is 3.30. The molecule has 2 rings (SSSR count). The summed E-state index contributed by atoms with van der Waals surface area (Å²) in [7, 11) is 0. The first-order chi connectivity index (χ1) is 10.1. The third-order valence-corrected chi connectivity index (χ3v) is 3.30. The van der Waals surface area contributed by atoms with Crippen molar-refractivity contribution in [3.63, 3.8) is 0 Å². The number of hydrogen-bond donors (Lipinski definition) is 4. The summed E-state index contributed by atoms with van der Waals surface area (Å²) in [5.41, 5.74) is -0.239. The normalized spacial score (nSPS) is 11.4. The van der Waals surface area contributed by atoms with Crippen molar-refractivity contribution >= 4 is 5.91 Å².